The Morgan fingerprint density at radius 2 is 1.62 bits per heavy atom. The van der Waals surface area contributed by atoms with Crippen LogP contribution < -0.4 is 5.32 Å². The van der Waals surface area contributed by atoms with Crippen molar-refractivity contribution in [3.05, 3.63) is 0 Å². The molecule has 0 spiro atoms. The molecule has 0 aromatic carbocycles. The van der Waals surface area contributed by atoms with Crippen molar-refractivity contribution < 1.29 is 9.90 Å². The van der Waals surface area contributed by atoms with Crippen LogP contribution in [0.15, 0.2) is 0 Å². The molecule has 4 fully saturated rings. The van der Waals surface area contributed by atoms with E-state index in [2.05, 4.69) is 5.32 Å². The normalized spacial score (nSPS) is 46.9. The second-order valence-corrected chi connectivity index (χ2v) is 6.18. The number of aliphatic carboxylic acids is 1. The first-order valence-corrected chi connectivity index (χ1v) is 6.62. The van der Waals surface area contributed by atoms with Crippen molar-refractivity contribution in [3.8, 4) is 0 Å². The van der Waals surface area contributed by atoms with Gasteiger partial charge in [-0.3, -0.25) is 4.79 Å². The van der Waals surface area contributed by atoms with Crippen molar-refractivity contribution >= 4 is 5.97 Å². The van der Waals surface area contributed by atoms with Gasteiger partial charge >= 0.3 is 5.97 Å². The molecule has 4 bridgehead atoms. The molecule has 16 heavy (non-hydrogen) atoms. The molecule has 0 amide bonds. The van der Waals surface area contributed by atoms with Crippen LogP contribution >= 0.6 is 0 Å². The monoisotopic (exact) mass is 223 g/mol. The summed E-state index contributed by atoms with van der Waals surface area (Å²) < 4.78 is 0. The summed E-state index contributed by atoms with van der Waals surface area (Å²) in [5.74, 6) is 2.73. The van der Waals surface area contributed by atoms with Crippen LogP contribution in [0.1, 0.15) is 39.0 Å². The Kier molecular flexibility index (Phi) is 2.46. The molecule has 0 aromatic rings. The van der Waals surface area contributed by atoms with E-state index < -0.39 is 5.97 Å². The average molecular weight is 223 g/mol. The predicted octanol–water partition coefficient (Wildman–Crippen LogP) is 1.87. The van der Waals surface area contributed by atoms with Crippen molar-refractivity contribution in [2.45, 2.75) is 51.1 Å². The summed E-state index contributed by atoms with van der Waals surface area (Å²) >= 11 is 0. The number of rotatable bonds is 3. The van der Waals surface area contributed by atoms with Crippen LogP contribution in [0.3, 0.4) is 0 Å². The van der Waals surface area contributed by atoms with Crippen LogP contribution in [0, 0.1) is 23.7 Å². The topological polar surface area (TPSA) is 49.3 Å². The lowest BCUT2D eigenvalue weighted by atomic mass is 9.54. The van der Waals surface area contributed by atoms with Gasteiger partial charge in [0.15, 0.2) is 0 Å². The number of carboxylic acid groups (broad SMARTS) is 1. The molecule has 4 aliphatic rings. The molecule has 1 atom stereocenters. The maximum Gasteiger partial charge on any atom is 0.320 e. The van der Waals surface area contributed by atoms with Crippen LogP contribution in [-0.4, -0.2) is 23.2 Å². The Hall–Kier alpha value is -0.570. The maximum absolute atomic E-state index is 10.9. The highest BCUT2D eigenvalue weighted by atomic mass is 16.4. The predicted molar refractivity (Wildman–Crippen MR) is 61.1 cm³/mol. The molecule has 0 aliphatic heterocycles. The third-order valence-corrected chi connectivity index (χ3v) is 5.04. The Labute approximate surface area is 96.6 Å². The Balaban J connectivity index is 1.70. The largest absolute Gasteiger partial charge is 0.480 e. The smallest absolute Gasteiger partial charge is 0.320 e. The summed E-state index contributed by atoms with van der Waals surface area (Å²) in [7, 11) is 0. The van der Waals surface area contributed by atoms with Crippen LogP contribution in [0.4, 0.5) is 0 Å². The molecular formula is C13H21NO2. The molecule has 0 heterocycles. The average Bonchev–Trinajstić information content (AvgIpc) is 2.21. The molecule has 3 nitrogen and oxygen atoms in total. The van der Waals surface area contributed by atoms with Crippen molar-refractivity contribution in [1.82, 2.24) is 5.32 Å². The van der Waals surface area contributed by atoms with Gasteiger partial charge in [0.1, 0.15) is 6.04 Å². The number of hydrogen-bond acceptors (Lipinski definition) is 2. The zero-order valence-corrected chi connectivity index (χ0v) is 9.86. The number of carboxylic acids is 1. The number of carbonyl (C=O) groups is 1. The van der Waals surface area contributed by atoms with E-state index >= 15 is 0 Å². The Morgan fingerprint density at radius 3 is 2.06 bits per heavy atom. The highest BCUT2D eigenvalue weighted by Crippen LogP contribution is 2.53. The van der Waals surface area contributed by atoms with E-state index in [9.17, 15) is 4.79 Å². The van der Waals surface area contributed by atoms with Crippen LogP contribution in [0.5, 0.6) is 0 Å². The second-order valence-electron chi connectivity index (χ2n) is 6.18. The van der Waals surface area contributed by atoms with E-state index in [1.165, 1.54) is 32.1 Å². The van der Waals surface area contributed by atoms with Crippen LogP contribution in [0.25, 0.3) is 0 Å². The standard InChI is InChI=1S/C13H21NO2/c1-7(13(15)16)14-12-10-3-8-2-9(5-10)6-11(12)4-8/h7-12,14H,2-6H2,1H3,(H,15,16)/t7-,8?,9?,10?,11?,12?/m0/s1. The lowest BCUT2D eigenvalue weighted by Gasteiger charge is -2.55. The first-order chi connectivity index (χ1) is 7.63. The lowest BCUT2D eigenvalue weighted by molar-refractivity contribution is -0.140. The lowest BCUT2D eigenvalue weighted by Crippen LogP contribution is -2.57. The van der Waals surface area contributed by atoms with E-state index in [0.29, 0.717) is 6.04 Å². The second kappa shape index (κ2) is 3.73. The Morgan fingerprint density at radius 1 is 1.12 bits per heavy atom. The van der Waals surface area contributed by atoms with Gasteiger partial charge in [-0.15, -0.1) is 0 Å². The van der Waals surface area contributed by atoms with Gasteiger partial charge in [-0.25, -0.2) is 0 Å². The summed E-state index contributed by atoms with van der Waals surface area (Å²) in [5.41, 5.74) is 0. The molecule has 2 N–H and O–H groups in total. The van der Waals surface area contributed by atoms with Crippen molar-refractivity contribution in [2.24, 2.45) is 23.7 Å². The van der Waals surface area contributed by atoms with E-state index in [1.807, 2.05) is 0 Å². The van der Waals surface area contributed by atoms with Crippen LogP contribution in [0.2, 0.25) is 0 Å². The fraction of sp³-hybridized carbons (Fsp3) is 0.923. The van der Waals surface area contributed by atoms with Gasteiger partial charge in [0.25, 0.3) is 0 Å². The van der Waals surface area contributed by atoms with Crippen LogP contribution in [-0.2, 0) is 4.79 Å². The zero-order chi connectivity index (χ0) is 11.3. The van der Waals surface area contributed by atoms with Crippen molar-refractivity contribution in [3.63, 3.8) is 0 Å². The fourth-order valence-electron chi connectivity index (χ4n) is 4.56. The van der Waals surface area contributed by atoms with Gasteiger partial charge in [-0.1, -0.05) is 0 Å². The quantitative estimate of drug-likeness (QED) is 0.768. The summed E-state index contributed by atoms with van der Waals surface area (Å²) in [4.78, 5) is 10.9. The minimum atomic E-state index is -0.714. The molecule has 0 aromatic heterocycles. The highest BCUT2D eigenvalue weighted by Gasteiger charge is 2.48. The zero-order valence-electron chi connectivity index (χ0n) is 9.86. The van der Waals surface area contributed by atoms with Gasteiger partial charge in [0.2, 0.25) is 0 Å². The molecule has 3 heteroatoms. The first-order valence-electron chi connectivity index (χ1n) is 6.62. The molecule has 90 valence electrons. The summed E-state index contributed by atoms with van der Waals surface area (Å²) in [6, 6.07) is 0.0985. The highest BCUT2D eigenvalue weighted by molar-refractivity contribution is 5.72. The third-order valence-electron chi connectivity index (χ3n) is 5.04. The van der Waals surface area contributed by atoms with E-state index in [0.717, 1.165) is 23.7 Å². The third kappa shape index (κ3) is 1.65. The molecule has 0 saturated heterocycles. The molecule has 4 saturated carbocycles. The number of nitrogens with one attached hydrogen (secondary N) is 1. The summed E-state index contributed by atoms with van der Waals surface area (Å²) in [6.07, 6.45) is 6.83. The molecule has 4 rings (SSSR count). The first kappa shape index (κ1) is 10.6. The van der Waals surface area contributed by atoms with Gasteiger partial charge in [0.05, 0.1) is 0 Å². The summed E-state index contributed by atoms with van der Waals surface area (Å²) in [5, 5.41) is 12.3. The van der Waals surface area contributed by atoms with E-state index in [4.69, 9.17) is 5.11 Å². The minimum absolute atomic E-state index is 0.387. The molecule has 0 radical (unpaired) electrons. The van der Waals surface area contributed by atoms with Crippen molar-refractivity contribution in [2.75, 3.05) is 0 Å². The molecule has 4 aliphatic carbocycles. The number of hydrogen-bond donors (Lipinski definition) is 2. The fourth-order valence-corrected chi connectivity index (χ4v) is 4.56. The molecular weight excluding hydrogens is 202 g/mol. The SMILES string of the molecule is C[C@H](NC1C2CC3CC(C2)CC1C3)C(=O)O. The van der Waals surface area contributed by atoms with E-state index in [-0.39, 0.29) is 6.04 Å². The van der Waals surface area contributed by atoms with Gasteiger partial charge in [-0.2, -0.15) is 0 Å². The van der Waals surface area contributed by atoms with Gasteiger partial charge < -0.3 is 10.4 Å². The minimum Gasteiger partial charge on any atom is -0.480 e. The summed E-state index contributed by atoms with van der Waals surface area (Å²) in [6.45, 7) is 1.77. The van der Waals surface area contributed by atoms with E-state index in [1.54, 1.807) is 6.92 Å². The van der Waals surface area contributed by atoms with Crippen molar-refractivity contribution in [1.29, 1.82) is 0 Å². The maximum atomic E-state index is 10.9. The van der Waals surface area contributed by atoms with Gasteiger partial charge in [0, 0.05) is 6.04 Å². The Bertz CT molecular complexity index is 274. The molecule has 0 unspecified atom stereocenters. The van der Waals surface area contributed by atoms with Gasteiger partial charge in [-0.05, 0) is 62.7 Å².